The second kappa shape index (κ2) is 10.3. The van der Waals surface area contributed by atoms with Gasteiger partial charge in [-0.25, -0.2) is 18.4 Å². The Labute approximate surface area is 206 Å². The third-order valence-electron chi connectivity index (χ3n) is 5.14. The van der Waals surface area contributed by atoms with Gasteiger partial charge in [0.2, 0.25) is 15.9 Å². The number of hydrogen-bond donors (Lipinski definition) is 1. The number of aromatic nitrogens is 2. The summed E-state index contributed by atoms with van der Waals surface area (Å²) in [6.45, 7) is 6.75. The predicted octanol–water partition coefficient (Wildman–Crippen LogP) is 4.23. The first kappa shape index (κ1) is 24.5. The number of nitrogens with one attached hydrogen (secondary N) is 1. The van der Waals surface area contributed by atoms with Gasteiger partial charge in [0, 0.05) is 29.1 Å². The molecule has 34 heavy (non-hydrogen) atoms. The van der Waals surface area contributed by atoms with Crippen molar-refractivity contribution in [1.29, 1.82) is 0 Å². The molecule has 0 saturated heterocycles. The van der Waals surface area contributed by atoms with Gasteiger partial charge in [0.05, 0.1) is 39.6 Å². The average molecular weight is 519 g/mol. The highest BCUT2D eigenvalue weighted by molar-refractivity contribution is 7.89. The zero-order chi connectivity index (χ0) is 24.3. The van der Waals surface area contributed by atoms with Crippen molar-refractivity contribution in [1.82, 2.24) is 19.6 Å². The van der Waals surface area contributed by atoms with Crippen molar-refractivity contribution >= 4 is 49.6 Å². The largest absolute Gasteiger partial charge is 0.464 e. The second-order valence-electron chi connectivity index (χ2n) is 8.45. The first-order valence-electron chi connectivity index (χ1n) is 10.8. The fourth-order valence-electron chi connectivity index (χ4n) is 3.66. The Balaban J connectivity index is 1.63. The van der Waals surface area contributed by atoms with Crippen LogP contribution in [0.2, 0.25) is 0 Å². The molecule has 1 N–H and O–H groups in total. The number of sulfonamides is 1. The standard InChI is InChI=1S/C23H26N4O4S3/c1-15(2)10-27(11-19-13-33-16(3)25-19)23(28)21(9-18-12-32-14-24-18)26-34(29,30)20-4-5-22-17(8-20)6-7-31-22/h4-8,12-15,21,26H,9-11H2,1-3H3/t21-/m0/s1. The van der Waals surface area contributed by atoms with Gasteiger partial charge in [-0.15, -0.1) is 22.7 Å². The molecule has 0 aliphatic rings. The SMILES string of the molecule is Cc1nc(CN(CC(C)C)C(=O)[C@H](Cc2cscn2)NS(=O)(=O)c2ccc3occc3c2)cs1. The van der Waals surface area contributed by atoms with E-state index in [4.69, 9.17) is 4.42 Å². The van der Waals surface area contributed by atoms with Crippen LogP contribution in [-0.4, -0.2) is 41.8 Å². The summed E-state index contributed by atoms with van der Waals surface area (Å²) in [6, 6.07) is 5.31. The average Bonchev–Trinajstić information content (AvgIpc) is 3.53. The Kier molecular flexibility index (Phi) is 7.46. The molecule has 1 amide bonds. The minimum absolute atomic E-state index is 0.0722. The third-order valence-corrected chi connectivity index (χ3v) is 8.07. The van der Waals surface area contributed by atoms with Crippen LogP contribution in [-0.2, 0) is 27.8 Å². The number of amides is 1. The maximum atomic E-state index is 13.7. The summed E-state index contributed by atoms with van der Waals surface area (Å²) >= 11 is 2.92. The predicted molar refractivity (Wildman–Crippen MR) is 133 cm³/mol. The van der Waals surface area contributed by atoms with E-state index in [-0.39, 0.29) is 23.1 Å². The zero-order valence-corrected chi connectivity index (χ0v) is 21.5. The lowest BCUT2D eigenvalue weighted by Gasteiger charge is -2.28. The molecule has 0 radical (unpaired) electrons. The van der Waals surface area contributed by atoms with Crippen LogP contribution in [0.1, 0.15) is 30.2 Å². The van der Waals surface area contributed by atoms with Crippen LogP contribution in [0.5, 0.6) is 0 Å². The van der Waals surface area contributed by atoms with E-state index >= 15 is 0 Å². The van der Waals surface area contributed by atoms with E-state index in [0.717, 1.165) is 10.7 Å². The second-order valence-corrected chi connectivity index (χ2v) is 11.9. The first-order chi connectivity index (χ1) is 16.2. The lowest BCUT2D eigenvalue weighted by atomic mass is 10.1. The van der Waals surface area contributed by atoms with Crippen molar-refractivity contribution in [2.24, 2.45) is 5.92 Å². The minimum Gasteiger partial charge on any atom is -0.464 e. The van der Waals surface area contributed by atoms with E-state index in [1.54, 1.807) is 22.5 Å². The normalized spacial score (nSPS) is 12.9. The fourth-order valence-corrected chi connectivity index (χ4v) is 6.06. The maximum absolute atomic E-state index is 13.7. The molecule has 4 aromatic rings. The van der Waals surface area contributed by atoms with Gasteiger partial charge in [-0.05, 0) is 37.1 Å². The number of rotatable bonds is 10. The summed E-state index contributed by atoms with van der Waals surface area (Å²) in [5, 5.41) is 5.34. The van der Waals surface area contributed by atoms with Crippen molar-refractivity contribution in [3.8, 4) is 0 Å². The summed E-state index contributed by atoms with van der Waals surface area (Å²) in [5.41, 5.74) is 3.71. The Morgan fingerprint density at radius 3 is 2.71 bits per heavy atom. The molecule has 1 atom stereocenters. The molecular formula is C23H26N4O4S3. The molecule has 0 fully saturated rings. The number of aryl methyl sites for hydroxylation is 1. The molecule has 0 unspecified atom stereocenters. The van der Waals surface area contributed by atoms with E-state index < -0.39 is 16.1 Å². The van der Waals surface area contributed by atoms with E-state index in [0.29, 0.717) is 29.8 Å². The summed E-state index contributed by atoms with van der Waals surface area (Å²) in [7, 11) is -3.98. The number of nitrogens with zero attached hydrogens (tertiary/aromatic N) is 3. The van der Waals surface area contributed by atoms with E-state index in [1.165, 1.54) is 41.1 Å². The highest BCUT2D eigenvalue weighted by Crippen LogP contribution is 2.21. The fraction of sp³-hybridized carbons (Fsp3) is 0.348. The van der Waals surface area contributed by atoms with Gasteiger partial charge in [-0.2, -0.15) is 4.72 Å². The molecule has 0 spiro atoms. The van der Waals surface area contributed by atoms with E-state index in [9.17, 15) is 13.2 Å². The molecule has 0 bridgehead atoms. The van der Waals surface area contributed by atoms with E-state index in [2.05, 4.69) is 14.7 Å². The highest BCUT2D eigenvalue weighted by atomic mass is 32.2. The van der Waals surface area contributed by atoms with Gasteiger partial charge < -0.3 is 9.32 Å². The molecule has 4 rings (SSSR count). The molecule has 3 aromatic heterocycles. The van der Waals surface area contributed by atoms with Crippen LogP contribution in [0.25, 0.3) is 11.0 Å². The zero-order valence-electron chi connectivity index (χ0n) is 19.1. The summed E-state index contributed by atoms with van der Waals surface area (Å²) in [4.78, 5) is 24.2. The molecule has 8 nitrogen and oxygen atoms in total. The van der Waals surface area contributed by atoms with Gasteiger partial charge in [0.1, 0.15) is 11.6 Å². The number of carbonyl (C=O) groups is 1. The summed E-state index contributed by atoms with van der Waals surface area (Å²) in [5.74, 6) is -0.107. The first-order valence-corrected chi connectivity index (χ1v) is 14.1. The molecule has 11 heteroatoms. The number of furan rings is 1. The van der Waals surface area contributed by atoms with Gasteiger partial charge in [0.25, 0.3) is 0 Å². The van der Waals surface area contributed by atoms with Crippen LogP contribution in [0, 0.1) is 12.8 Å². The number of thiazole rings is 2. The summed E-state index contributed by atoms with van der Waals surface area (Å²) in [6.07, 6.45) is 1.66. The Morgan fingerprint density at radius 2 is 2.03 bits per heavy atom. The number of hydrogen-bond acceptors (Lipinski definition) is 8. The Hall–Kier alpha value is -2.60. The lowest BCUT2D eigenvalue weighted by Crippen LogP contribution is -2.50. The van der Waals surface area contributed by atoms with Crippen molar-refractivity contribution in [2.45, 2.75) is 44.7 Å². The molecular weight excluding hydrogens is 492 g/mol. The lowest BCUT2D eigenvalue weighted by molar-refractivity contribution is -0.134. The number of benzene rings is 1. The van der Waals surface area contributed by atoms with Crippen molar-refractivity contribution in [3.63, 3.8) is 0 Å². The van der Waals surface area contributed by atoms with Crippen molar-refractivity contribution in [2.75, 3.05) is 6.54 Å². The molecule has 0 saturated carbocycles. The van der Waals surface area contributed by atoms with Gasteiger partial charge >= 0.3 is 0 Å². The smallest absolute Gasteiger partial charge is 0.241 e. The van der Waals surface area contributed by atoms with Crippen LogP contribution < -0.4 is 4.72 Å². The molecule has 0 aliphatic heterocycles. The van der Waals surface area contributed by atoms with Gasteiger partial charge in [0.15, 0.2) is 0 Å². The highest BCUT2D eigenvalue weighted by Gasteiger charge is 2.31. The van der Waals surface area contributed by atoms with Gasteiger partial charge in [-0.1, -0.05) is 13.8 Å². The van der Waals surface area contributed by atoms with Crippen molar-refractivity contribution in [3.05, 3.63) is 63.2 Å². The molecule has 3 heterocycles. The Bertz CT molecular complexity index is 1360. The summed E-state index contributed by atoms with van der Waals surface area (Å²) < 4.78 is 34.6. The Morgan fingerprint density at radius 1 is 1.21 bits per heavy atom. The molecule has 180 valence electrons. The molecule has 1 aromatic carbocycles. The van der Waals surface area contributed by atoms with Crippen LogP contribution in [0.3, 0.4) is 0 Å². The minimum atomic E-state index is -3.98. The quantitative estimate of drug-likeness (QED) is 0.337. The topological polar surface area (TPSA) is 105 Å². The maximum Gasteiger partial charge on any atom is 0.241 e. The van der Waals surface area contributed by atoms with Crippen LogP contribution in [0.15, 0.2) is 56.1 Å². The van der Waals surface area contributed by atoms with Crippen molar-refractivity contribution < 1.29 is 17.6 Å². The van der Waals surface area contributed by atoms with E-state index in [1.807, 2.05) is 31.5 Å². The van der Waals surface area contributed by atoms with Crippen LogP contribution in [0.4, 0.5) is 0 Å². The number of carbonyl (C=O) groups excluding carboxylic acids is 1. The van der Waals surface area contributed by atoms with Crippen LogP contribution >= 0.6 is 22.7 Å². The van der Waals surface area contributed by atoms with Gasteiger partial charge in [-0.3, -0.25) is 4.79 Å². The number of fused-ring (bicyclic) bond motifs is 1. The third kappa shape index (κ3) is 5.90. The molecule has 0 aliphatic carbocycles. The monoisotopic (exact) mass is 518 g/mol.